The van der Waals surface area contributed by atoms with Crippen LogP contribution in [0.1, 0.15) is 24.2 Å². The van der Waals surface area contributed by atoms with Crippen LogP contribution in [0.15, 0.2) is 0 Å². The van der Waals surface area contributed by atoms with E-state index in [4.69, 9.17) is 5.73 Å². The van der Waals surface area contributed by atoms with E-state index in [0.717, 1.165) is 36.5 Å². The van der Waals surface area contributed by atoms with Gasteiger partial charge in [0.25, 0.3) is 0 Å². The molecule has 1 atom stereocenters. The minimum absolute atomic E-state index is 0.0135. The zero-order valence-corrected chi connectivity index (χ0v) is 11.9. The lowest BCUT2D eigenvalue weighted by atomic mass is 10.2. The van der Waals surface area contributed by atoms with E-state index in [1.165, 1.54) is 0 Å². The first-order valence-electron chi connectivity index (χ1n) is 6.77. The van der Waals surface area contributed by atoms with E-state index >= 15 is 0 Å². The van der Waals surface area contributed by atoms with Crippen LogP contribution >= 0.6 is 0 Å². The van der Waals surface area contributed by atoms with Crippen molar-refractivity contribution in [3.63, 3.8) is 0 Å². The molecule has 1 saturated heterocycles. The lowest BCUT2D eigenvalue weighted by molar-refractivity contribution is -0.117. The number of carbonyl (C=O) groups is 1. The normalized spacial score (nSPS) is 19.9. The molecule has 0 bridgehead atoms. The van der Waals surface area contributed by atoms with E-state index in [9.17, 15) is 4.79 Å². The molecule has 1 aromatic rings. The molecule has 3 N–H and O–H groups in total. The largest absolute Gasteiger partial charge is 0.329 e. The monoisotopic (exact) mass is 265 g/mol. The average molecular weight is 265 g/mol. The molecule has 0 spiro atoms. The molecule has 1 aromatic heterocycles. The number of aryl methyl sites for hydroxylation is 2. The summed E-state index contributed by atoms with van der Waals surface area (Å²) < 4.78 is 1.78. The maximum atomic E-state index is 12.1. The Hall–Kier alpha value is -1.40. The van der Waals surface area contributed by atoms with Gasteiger partial charge in [0.15, 0.2) is 0 Å². The summed E-state index contributed by atoms with van der Waals surface area (Å²) in [5, 5.41) is 7.26. The summed E-state index contributed by atoms with van der Waals surface area (Å²) in [6.07, 6.45) is 2.22. The highest BCUT2D eigenvalue weighted by Crippen LogP contribution is 2.19. The minimum atomic E-state index is 0.0135. The molecule has 2 rings (SSSR count). The Kier molecular flexibility index (Phi) is 4.21. The molecule has 2 heterocycles. The van der Waals surface area contributed by atoms with Crippen molar-refractivity contribution < 1.29 is 4.79 Å². The topological polar surface area (TPSA) is 76.2 Å². The SMILES string of the molecule is Cc1nn(C)c(C)c1NC(=O)CN1CCCC1CN. The van der Waals surface area contributed by atoms with Gasteiger partial charge in [0.05, 0.1) is 23.6 Å². The lowest BCUT2D eigenvalue weighted by Crippen LogP contribution is -2.40. The predicted molar refractivity (Wildman–Crippen MR) is 75.0 cm³/mol. The van der Waals surface area contributed by atoms with Crippen LogP contribution in [0.2, 0.25) is 0 Å². The summed E-state index contributed by atoms with van der Waals surface area (Å²) in [6.45, 7) is 5.85. The summed E-state index contributed by atoms with van der Waals surface area (Å²) in [5.41, 5.74) is 8.37. The van der Waals surface area contributed by atoms with E-state index in [-0.39, 0.29) is 5.91 Å². The lowest BCUT2D eigenvalue weighted by Gasteiger charge is -2.22. The van der Waals surface area contributed by atoms with Crippen molar-refractivity contribution in [3.8, 4) is 0 Å². The number of likely N-dealkylation sites (tertiary alicyclic amines) is 1. The molecule has 106 valence electrons. The average Bonchev–Trinajstić information content (AvgIpc) is 2.89. The van der Waals surface area contributed by atoms with Crippen molar-refractivity contribution >= 4 is 11.6 Å². The first kappa shape index (κ1) is 14.0. The van der Waals surface area contributed by atoms with Gasteiger partial charge in [-0.15, -0.1) is 0 Å². The Morgan fingerprint density at radius 1 is 1.53 bits per heavy atom. The number of nitrogens with two attached hydrogens (primary N) is 1. The Morgan fingerprint density at radius 2 is 2.26 bits per heavy atom. The van der Waals surface area contributed by atoms with Crippen molar-refractivity contribution in [3.05, 3.63) is 11.4 Å². The quantitative estimate of drug-likeness (QED) is 0.826. The second kappa shape index (κ2) is 5.71. The maximum Gasteiger partial charge on any atom is 0.238 e. The molecule has 6 heteroatoms. The fourth-order valence-corrected chi connectivity index (χ4v) is 2.69. The Morgan fingerprint density at radius 3 is 2.84 bits per heavy atom. The van der Waals surface area contributed by atoms with Crippen molar-refractivity contribution in [1.29, 1.82) is 0 Å². The van der Waals surface area contributed by atoms with E-state index in [0.29, 0.717) is 19.1 Å². The zero-order chi connectivity index (χ0) is 14.0. The summed E-state index contributed by atoms with van der Waals surface area (Å²) in [7, 11) is 1.88. The van der Waals surface area contributed by atoms with Gasteiger partial charge in [0.1, 0.15) is 0 Å². The van der Waals surface area contributed by atoms with Crippen LogP contribution in [-0.2, 0) is 11.8 Å². The number of nitrogens with zero attached hydrogens (tertiary/aromatic N) is 3. The molecule has 1 aliphatic heterocycles. The third kappa shape index (κ3) is 2.96. The fourth-order valence-electron chi connectivity index (χ4n) is 2.69. The third-order valence-corrected chi connectivity index (χ3v) is 3.89. The number of aromatic nitrogens is 2. The Labute approximate surface area is 113 Å². The Balaban J connectivity index is 1.98. The number of anilines is 1. The molecule has 0 aliphatic carbocycles. The van der Waals surface area contributed by atoms with Gasteiger partial charge in [0, 0.05) is 19.6 Å². The minimum Gasteiger partial charge on any atom is -0.329 e. The molecule has 6 nitrogen and oxygen atoms in total. The molecule has 0 radical (unpaired) electrons. The van der Waals surface area contributed by atoms with Crippen LogP contribution < -0.4 is 11.1 Å². The summed E-state index contributed by atoms with van der Waals surface area (Å²) in [5.74, 6) is 0.0135. The number of nitrogens with one attached hydrogen (secondary N) is 1. The standard InChI is InChI=1S/C13H23N5O/c1-9-13(10(2)17(3)16-9)15-12(19)8-18-6-4-5-11(18)7-14/h11H,4-8,14H2,1-3H3,(H,15,19). The van der Waals surface area contributed by atoms with Gasteiger partial charge < -0.3 is 11.1 Å². The van der Waals surface area contributed by atoms with Crippen LogP contribution in [0, 0.1) is 13.8 Å². The van der Waals surface area contributed by atoms with Gasteiger partial charge in [-0.1, -0.05) is 0 Å². The summed E-state index contributed by atoms with van der Waals surface area (Å²) in [6, 6.07) is 0.349. The van der Waals surface area contributed by atoms with E-state index in [2.05, 4.69) is 15.3 Å². The van der Waals surface area contributed by atoms with Gasteiger partial charge >= 0.3 is 0 Å². The van der Waals surface area contributed by atoms with Crippen molar-refractivity contribution in [2.45, 2.75) is 32.7 Å². The fraction of sp³-hybridized carbons (Fsp3) is 0.692. The van der Waals surface area contributed by atoms with E-state index in [1.807, 2.05) is 20.9 Å². The second-order valence-corrected chi connectivity index (χ2v) is 5.22. The van der Waals surface area contributed by atoms with Crippen LogP contribution in [0.3, 0.4) is 0 Å². The molecule has 1 amide bonds. The highest BCUT2D eigenvalue weighted by atomic mass is 16.2. The molecule has 0 aromatic carbocycles. The van der Waals surface area contributed by atoms with Crippen LogP contribution in [0.5, 0.6) is 0 Å². The number of hydrogen-bond acceptors (Lipinski definition) is 4. The first-order chi connectivity index (χ1) is 9.02. The van der Waals surface area contributed by atoms with Gasteiger partial charge in [-0.3, -0.25) is 14.4 Å². The second-order valence-electron chi connectivity index (χ2n) is 5.22. The molecule has 19 heavy (non-hydrogen) atoms. The van der Waals surface area contributed by atoms with Gasteiger partial charge in [0.2, 0.25) is 5.91 Å². The summed E-state index contributed by atoms with van der Waals surface area (Å²) in [4.78, 5) is 14.3. The van der Waals surface area contributed by atoms with Crippen molar-refractivity contribution in [2.75, 3.05) is 25.0 Å². The predicted octanol–water partition coefficient (Wildman–Crippen LogP) is 0.399. The summed E-state index contributed by atoms with van der Waals surface area (Å²) >= 11 is 0. The van der Waals surface area contributed by atoms with Gasteiger partial charge in [-0.05, 0) is 33.2 Å². The van der Waals surface area contributed by atoms with Gasteiger partial charge in [-0.25, -0.2) is 0 Å². The molecule has 1 aliphatic rings. The zero-order valence-electron chi connectivity index (χ0n) is 11.9. The number of carbonyl (C=O) groups excluding carboxylic acids is 1. The third-order valence-electron chi connectivity index (χ3n) is 3.89. The van der Waals surface area contributed by atoms with Crippen molar-refractivity contribution in [2.24, 2.45) is 12.8 Å². The molecule has 1 fully saturated rings. The first-order valence-corrected chi connectivity index (χ1v) is 6.77. The molecular weight excluding hydrogens is 242 g/mol. The smallest absolute Gasteiger partial charge is 0.238 e. The van der Waals surface area contributed by atoms with Crippen LogP contribution in [-0.4, -0.2) is 46.3 Å². The Bertz CT molecular complexity index is 468. The highest BCUT2D eigenvalue weighted by molar-refractivity contribution is 5.93. The van der Waals surface area contributed by atoms with E-state index in [1.54, 1.807) is 4.68 Å². The molecule has 0 saturated carbocycles. The number of hydrogen-bond donors (Lipinski definition) is 2. The number of amides is 1. The number of rotatable bonds is 4. The van der Waals surface area contributed by atoms with Crippen LogP contribution in [0.4, 0.5) is 5.69 Å². The maximum absolute atomic E-state index is 12.1. The molecular formula is C13H23N5O. The highest BCUT2D eigenvalue weighted by Gasteiger charge is 2.25. The molecule has 1 unspecified atom stereocenters. The van der Waals surface area contributed by atoms with Crippen LogP contribution in [0.25, 0.3) is 0 Å². The van der Waals surface area contributed by atoms with Gasteiger partial charge in [-0.2, -0.15) is 5.10 Å². The van der Waals surface area contributed by atoms with E-state index < -0.39 is 0 Å². The van der Waals surface area contributed by atoms with Crippen molar-refractivity contribution in [1.82, 2.24) is 14.7 Å².